The summed E-state index contributed by atoms with van der Waals surface area (Å²) in [6, 6.07) is 16.4. The fourth-order valence-corrected chi connectivity index (χ4v) is 2.96. The van der Waals surface area contributed by atoms with Crippen molar-refractivity contribution < 1.29 is 0 Å². The zero-order chi connectivity index (χ0) is 13.9. The van der Waals surface area contributed by atoms with Crippen LogP contribution in [0.3, 0.4) is 0 Å². The third-order valence-electron chi connectivity index (χ3n) is 3.30. The van der Waals surface area contributed by atoms with Gasteiger partial charge in [-0.2, -0.15) is 0 Å². The van der Waals surface area contributed by atoms with Gasteiger partial charge in [-0.05, 0) is 24.1 Å². The highest BCUT2D eigenvalue weighted by Gasteiger charge is 2.06. The molecule has 0 aliphatic heterocycles. The summed E-state index contributed by atoms with van der Waals surface area (Å²) in [5.41, 5.74) is 11.2. The van der Waals surface area contributed by atoms with Crippen LogP contribution in [0.15, 0.2) is 53.9 Å². The molecule has 2 aromatic carbocycles. The molecule has 20 heavy (non-hydrogen) atoms. The van der Waals surface area contributed by atoms with Gasteiger partial charge < -0.3 is 5.73 Å². The average Bonchev–Trinajstić information content (AvgIpc) is 2.97. The van der Waals surface area contributed by atoms with Crippen LogP contribution in [0.5, 0.6) is 0 Å². The largest absolute Gasteiger partial charge is 0.399 e. The summed E-state index contributed by atoms with van der Waals surface area (Å²) < 4.78 is 0. The van der Waals surface area contributed by atoms with Crippen LogP contribution in [0.4, 0.5) is 5.69 Å². The number of aryl methyl sites for hydroxylation is 1. The molecule has 3 rings (SSSR count). The first-order chi connectivity index (χ1) is 9.76. The van der Waals surface area contributed by atoms with E-state index in [2.05, 4.69) is 36.6 Å². The number of nitrogens with zero attached hydrogens (tertiary/aromatic N) is 1. The lowest BCUT2D eigenvalue weighted by Crippen LogP contribution is -1.85. The Morgan fingerprint density at radius 3 is 2.55 bits per heavy atom. The second-order valence-electron chi connectivity index (χ2n) is 4.71. The lowest BCUT2D eigenvalue weighted by atomic mass is 10.1. The molecule has 2 N–H and O–H groups in total. The highest BCUT2D eigenvalue weighted by molar-refractivity contribution is 7.13. The summed E-state index contributed by atoms with van der Waals surface area (Å²) in [5.74, 6) is 0. The number of rotatable bonds is 3. The maximum Gasteiger partial charge on any atom is 0.124 e. The predicted molar refractivity (Wildman–Crippen MR) is 86.8 cm³/mol. The van der Waals surface area contributed by atoms with Crippen LogP contribution in [0.25, 0.3) is 21.8 Å². The predicted octanol–water partition coefficient (Wildman–Crippen LogP) is 4.62. The highest BCUT2D eigenvalue weighted by Crippen LogP contribution is 2.29. The molecule has 1 aromatic heterocycles. The Kier molecular flexibility index (Phi) is 3.52. The molecule has 2 nitrogen and oxygen atoms in total. The number of nitrogen functional groups attached to an aromatic ring is 1. The van der Waals surface area contributed by atoms with Crippen LogP contribution < -0.4 is 5.73 Å². The van der Waals surface area contributed by atoms with Gasteiger partial charge in [-0.1, -0.05) is 43.3 Å². The Morgan fingerprint density at radius 1 is 1.05 bits per heavy atom. The van der Waals surface area contributed by atoms with Crippen molar-refractivity contribution in [3.05, 3.63) is 59.5 Å². The van der Waals surface area contributed by atoms with Crippen molar-refractivity contribution in [2.75, 3.05) is 5.73 Å². The summed E-state index contributed by atoms with van der Waals surface area (Å²) in [4.78, 5) is 4.71. The second kappa shape index (κ2) is 5.47. The van der Waals surface area contributed by atoms with Gasteiger partial charge in [0.15, 0.2) is 0 Å². The molecular formula is C17H16N2S. The molecule has 0 saturated heterocycles. The monoisotopic (exact) mass is 280 g/mol. The van der Waals surface area contributed by atoms with Crippen LogP contribution in [-0.2, 0) is 6.42 Å². The van der Waals surface area contributed by atoms with E-state index in [4.69, 9.17) is 10.7 Å². The molecule has 0 aliphatic rings. The fourth-order valence-electron chi connectivity index (χ4n) is 2.12. The minimum atomic E-state index is 0.768. The van der Waals surface area contributed by atoms with Gasteiger partial charge in [-0.25, -0.2) is 4.98 Å². The van der Waals surface area contributed by atoms with E-state index >= 15 is 0 Å². The van der Waals surface area contributed by atoms with E-state index in [-0.39, 0.29) is 0 Å². The van der Waals surface area contributed by atoms with Gasteiger partial charge >= 0.3 is 0 Å². The number of hydrogen-bond donors (Lipinski definition) is 1. The van der Waals surface area contributed by atoms with Gasteiger partial charge in [0.1, 0.15) is 5.01 Å². The molecule has 100 valence electrons. The number of aromatic nitrogens is 1. The van der Waals surface area contributed by atoms with Gasteiger partial charge in [0, 0.05) is 22.2 Å². The summed E-state index contributed by atoms with van der Waals surface area (Å²) in [5, 5.41) is 3.13. The Morgan fingerprint density at radius 2 is 1.85 bits per heavy atom. The van der Waals surface area contributed by atoms with Crippen molar-refractivity contribution in [3.63, 3.8) is 0 Å². The van der Waals surface area contributed by atoms with Crippen molar-refractivity contribution in [3.8, 4) is 21.8 Å². The lowest BCUT2D eigenvalue weighted by molar-refractivity contribution is 1.14. The number of thiazole rings is 1. The number of nitrogens with two attached hydrogens (primary N) is 1. The molecule has 0 unspecified atom stereocenters. The van der Waals surface area contributed by atoms with Crippen molar-refractivity contribution >= 4 is 17.0 Å². The second-order valence-corrected chi connectivity index (χ2v) is 5.57. The normalized spacial score (nSPS) is 10.7. The average molecular weight is 280 g/mol. The Balaban J connectivity index is 1.93. The first-order valence-electron chi connectivity index (χ1n) is 6.67. The van der Waals surface area contributed by atoms with Crippen LogP contribution in [-0.4, -0.2) is 4.98 Å². The standard InChI is InChI=1S/C17H16N2S/c1-2-12-6-8-13(9-7-12)17-19-16(11-20-17)14-4-3-5-15(18)10-14/h3-11H,2,18H2,1H3. The Bertz CT molecular complexity index is 714. The van der Waals surface area contributed by atoms with E-state index in [0.717, 1.165) is 28.4 Å². The summed E-state index contributed by atoms with van der Waals surface area (Å²) in [6.07, 6.45) is 1.06. The topological polar surface area (TPSA) is 38.9 Å². The van der Waals surface area contributed by atoms with Gasteiger partial charge in [0.05, 0.1) is 5.69 Å². The smallest absolute Gasteiger partial charge is 0.124 e. The fraction of sp³-hybridized carbons (Fsp3) is 0.118. The molecule has 0 fully saturated rings. The quantitative estimate of drug-likeness (QED) is 0.711. The van der Waals surface area contributed by atoms with E-state index in [1.54, 1.807) is 11.3 Å². The molecule has 0 aliphatic carbocycles. The van der Waals surface area contributed by atoms with Crippen molar-refractivity contribution in [2.24, 2.45) is 0 Å². The van der Waals surface area contributed by atoms with Crippen LogP contribution >= 0.6 is 11.3 Å². The summed E-state index contributed by atoms with van der Waals surface area (Å²) in [7, 11) is 0. The molecule has 0 bridgehead atoms. The number of anilines is 1. The molecule has 0 saturated carbocycles. The zero-order valence-corrected chi connectivity index (χ0v) is 12.2. The van der Waals surface area contributed by atoms with Crippen molar-refractivity contribution in [2.45, 2.75) is 13.3 Å². The minimum Gasteiger partial charge on any atom is -0.399 e. The third kappa shape index (κ3) is 2.58. The third-order valence-corrected chi connectivity index (χ3v) is 4.19. The first kappa shape index (κ1) is 12.9. The zero-order valence-electron chi connectivity index (χ0n) is 11.3. The molecule has 0 amide bonds. The molecule has 3 heteroatoms. The van der Waals surface area contributed by atoms with Crippen LogP contribution in [0.2, 0.25) is 0 Å². The van der Waals surface area contributed by atoms with Gasteiger partial charge in [0.2, 0.25) is 0 Å². The van der Waals surface area contributed by atoms with E-state index in [0.29, 0.717) is 0 Å². The first-order valence-corrected chi connectivity index (χ1v) is 7.55. The maximum absolute atomic E-state index is 5.82. The van der Waals surface area contributed by atoms with Gasteiger partial charge in [-0.3, -0.25) is 0 Å². The van der Waals surface area contributed by atoms with Crippen LogP contribution in [0.1, 0.15) is 12.5 Å². The van der Waals surface area contributed by atoms with Crippen LogP contribution in [0, 0.1) is 0 Å². The Labute approximate surface area is 122 Å². The maximum atomic E-state index is 5.82. The number of hydrogen-bond acceptors (Lipinski definition) is 3. The molecule has 0 spiro atoms. The SMILES string of the molecule is CCc1ccc(-c2nc(-c3cccc(N)c3)cs2)cc1. The molecule has 0 radical (unpaired) electrons. The van der Waals surface area contributed by atoms with E-state index < -0.39 is 0 Å². The van der Waals surface area contributed by atoms with Gasteiger partial charge in [-0.15, -0.1) is 11.3 Å². The van der Waals surface area contributed by atoms with Crippen molar-refractivity contribution in [1.29, 1.82) is 0 Å². The summed E-state index contributed by atoms with van der Waals surface area (Å²) in [6.45, 7) is 2.16. The Hall–Kier alpha value is -2.13. The lowest BCUT2D eigenvalue weighted by Gasteiger charge is -2.00. The van der Waals surface area contributed by atoms with E-state index in [1.807, 2.05) is 24.3 Å². The molecule has 3 aromatic rings. The molecular weight excluding hydrogens is 264 g/mol. The van der Waals surface area contributed by atoms with E-state index in [9.17, 15) is 0 Å². The van der Waals surface area contributed by atoms with Gasteiger partial charge in [0.25, 0.3) is 0 Å². The number of benzene rings is 2. The minimum absolute atomic E-state index is 0.768. The highest BCUT2D eigenvalue weighted by atomic mass is 32.1. The van der Waals surface area contributed by atoms with Crippen molar-refractivity contribution in [1.82, 2.24) is 4.98 Å². The van der Waals surface area contributed by atoms with E-state index in [1.165, 1.54) is 11.1 Å². The summed E-state index contributed by atoms with van der Waals surface area (Å²) >= 11 is 1.66. The molecule has 0 atom stereocenters. The molecule has 1 heterocycles.